The lowest BCUT2D eigenvalue weighted by molar-refractivity contribution is 0.459. The molecule has 0 spiro atoms. The number of rotatable bonds is 4. The van der Waals surface area contributed by atoms with Crippen LogP contribution in [0.4, 0.5) is 11.4 Å². The molecule has 0 bridgehead atoms. The smallest absolute Gasteiger partial charge is 0.238 e. The van der Waals surface area contributed by atoms with Crippen LogP contribution in [0.5, 0.6) is 5.88 Å². The van der Waals surface area contributed by atoms with Gasteiger partial charge in [-0.2, -0.15) is 5.11 Å². The number of hydrogen-bond acceptors (Lipinski definition) is 5. The molecule has 2 aromatic carbocycles. The van der Waals surface area contributed by atoms with Crippen molar-refractivity contribution in [3.63, 3.8) is 0 Å². The maximum atomic E-state index is 11.2. The fourth-order valence-corrected chi connectivity index (χ4v) is 2.79. The molecule has 0 atom stereocenters. The minimum absolute atomic E-state index is 0.000448. The molecule has 0 fully saturated rings. The molecule has 1 heterocycles. The molecule has 0 aliphatic rings. The largest absolute Gasteiger partial charge is 0.493 e. The highest BCUT2D eigenvalue weighted by Gasteiger charge is 2.11. The van der Waals surface area contributed by atoms with E-state index in [0.29, 0.717) is 11.4 Å². The molecule has 0 aliphatic heterocycles. The number of aromatic amines is 1. The standard InChI is InChI=1S/C15H14BN4O3S/c1-16-9-2-7-13-12(8-9)14(15(21)18-13)20-19-10-3-5-11(6-4-10)24(17,22)23/h2-8,18,21H,1H3,(H2,17,22,23). The van der Waals surface area contributed by atoms with Crippen molar-refractivity contribution in [3.8, 4) is 5.88 Å². The molecule has 1 aromatic heterocycles. The van der Waals surface area contributed by atoms with Crippen LogP contribution in [-0.4, -0.2) is 25.8 Å². The minimum Gasteiger partial charge on any atom is -0.493 e. The number of sulfonamides is 1. The molecule has 0 saturated heterocycles. The Bertz CT molecular complexity index is 1030. The Morgan fingerprint density at radius 2 is 1.83 bits per heavy atom. The van der Waals surface area contributed by atoms with Crippen LogP contribution in [0.15, 0.2) is 57.6 Å². The maximum absolute atomic E-state index is 11.2. The van der Waals surface area contributed by atoms with E-state index in [1.165, 1.54) is 24.3 Å². The maximum Gasteiger partial charge on any atom is 0.238 e. The van der Waals surface area contributed by atoms with Gasteiger partial charge >= 0.3 is 0 Å². The molecular weight excluding hydrogens is 327 g/mol. The molecule has 121 valence electrons. The summed E-state index contributed by atoms with van der Waals surface area (Å²) in [6, 6.07) is 11.3. The van der Waals surface area contributed by atoms with E-state index >= 15 is 0 Å². The van der Waals surface area contributed by atoms with Crippen LogP contribution < -0.4 is 10.6 Å². The normalized spacial score (nSPS) is 12.1. The van der Waals surface area contributed by atoms with Crippen molar-refractivity contribution in [1.82, 2.24) is 4.98 Å². The van der Waals surface area contributed by atoms with Crippen LogP contribution >= 0.6 is 0 Å². The molecule has 0 saturated carbocycles. The van der Waals surface area contributed by atoms with Crippen LogP contribution in [-0.2, 0) is 10.0 Å². The third kappa shape index (κ3) is 3.17. The monoisotopic (exact) mass is 341 g/mol. The van der Waals surface area contributed by atoms with Crippen molar-refractivity contribution in [1.29, 1.82) is 0 Å². The predicted octanol–water partition coefficient (Wildman–Crippen LogP) is 2.31. The van der Waals surface area contributed by atoms with Gasteiger partial charge in [0.25, 0.3) is 0 Å². The molecule has 0 aliphatic carbocycles. The zero-order chi connectivity index (χ0) is 17.3. The van der Waals surface area contributed by atoms with Gasteiger partial charge in [-0.15, -0.1) is 5.11 Å². The van der Waals surface area contributed by atoms with Crippen molar-refractivity contribution in [2.75, 3.05) is 0 Å². The number of nitrogens with one attached hydrogen (secondary N) is 1. The van der Waals surface area contributed by atoms with Crippen molar-refractivity contribution in [2.24, 2.45) is 15.4 Å². The van der Waals surface area contributed by atoms with E-state index in [-0.39, 0.29) is 10.8 Å². The molecular formula is C15H14BN4O3S. The molecule has 4 N–H and O–H groups in total. The first-order valence-corrected chi connectivity index (χ1v) is 8.62. The van der Waals surface area contributed by atoms with Crippen molar-refractivity contribution in [3.05, 3.63) is 42.5 Å². The summed E-state index contributed by atoms with van der Waals surface area (Å²) in [6.45, 7) is 1.92. The number of hydrogen-bond donors (Lipinski definition) is 3. The summed E-state index contributed by atoms with van der Waals surface area (Å²) in [6.07, 6.45) is 0. The van der Waals surface area contributed by atoms with Crippen LogP contribution in [0.25, 0.3) is 10.9 Å². The number of nitrogens with two attached hydrogens (primary N) is 1. The first-order chi connectivity index (χ1) is 11.4. The summed E-state index contributed by atoms with van der Waals surface area (Å²) in [7, 11) is -1.80. The summed E-state index contributed by atoms with van der Waals surface area (Å²) >= 11 is 0. The average molecular weight is 341 g/mol. The van der Waals surface area contributed by atoms with Gasteiger partial charge in [-0.25, -0.2) is 13.6 Å². The summed E-state index contributed by atoms with van der Waals surface area (Å²) in [5.41, 5.74) is 2.51. The highest BCUT2D eigenvalue weighted by molar-refractivity contribution is 7.89. The Labute approximate surface area is 139 Å². The molecule has 3 rings (SSSR count). The van der Waals surface area contributed by atoms with E-state index in [0.717, 1.165) is 16.4 Å². The summed E-state index contributed by atoms with van der Waals surface area (Å²) < 4.78 is 22.4. The van der Waals surface area contributed by atoms with Crippen LogP contribution in [0.3, 0.4) is 0 Å². The zero-order valence-electron chi connectivity index (χ0n) is 12.8. The molecule has 7 nitrogen and oxygen atoms in total. The van der Waals surface area contributed by atoms with Gasteiger partial charge < -0.3 is 10.1 Å². The van der Waals surface area contributed by atoms with Gasteiger partial charge in [0.15, 0.2) is 5.69 Å². The van der Waals surface area contributed by atoms with E-state index in [2.05, 4.69) is 15.2 Å². The van der Waals surface area contributed by atoms with Crippen LogP contribution in [0.1, 0.15) is 0 Å². The Kier molecular flexibility index (Phi) is 4.12. The van der Waals surface area contributed by atoms with Gasteiger partial charge in [0.05, 0.1) is 16.1 Å². The van der Waals surface area contributed by atoms with Gasteiger partial charge in [0, 0.05) is 5.39 Å². The van der Waals surface area contributed by atoms with Gasteiger partial charge in [-0.05, 0) is 30.3 Å². The van der Waals surface area contributed by atoms with Gasteiger partial charge in [-0.1, -0.05) is 24.4 Å². The number of benzene rings is 2. The topological polar surface area (TPSA) is 121 Å². The number of fused-ring (bicyclic) bond motifs is 1. The highest BCUT2D eigenvalue weighted by atomic mass is 32.2. The van der Waals surface area contributed by atoms with Crippen molar-refractivity contribution >= 4 is 45.0 Å². The van der Waals surface area contributed by atoms with Gasteiger partial charge in [0.1, 0.15) is 7.28 Å². The van der Waals surface area contributed by atoms with Crippen LogP contribution in [0, 0.1) is 0 Å². The molecule has 0 unspecified atom stereocenters. The summed E-state index contributed by atoms with van der Waals surface area (Å²) in [4.78, 5) is 2.84. The lowest BCUT2D eigenvalue weighted by Gasteiger charge is -1.98. The van der Waals surface area contributed by atoms with E-state index < -0.39 is 10.0 Å². The fraction of sp³-hybridized carbons (Fsp3) is 0.0667. The Morgan fingerprint density at radius 3 is 2.46 bits per heavy atom. The van der Waals surface area contributed by atoms with E-state index in [1.54, 1.807) is 0 Å². The number of nitrogens with zero attached hydrogens (tertiary/aromatic N) is 2. The fourth-order valence-electron chi connectivity index (χ4n) is 2.27. The first kappa shape index (κ1) is 16.2. The van der Waals surface area contributed by atoms with E-state index in [4.69, 9.17) is 5.14 Å². The molecule has 24 heavy (non-hydrogen) atoms. The SMILES string of the molecule is C[B]c1ccc2[nH]c(O)c(N=Nc3ccc(S(N)(=O)=O)cc3)c2c1. The quantitative estimate of drug-likeness (QED) is 0.499. The average Bonchev–Trinajstić information content (AvgIpc) is 2.87. The lowest BCUT2D eigenvalue weighted by atomic mass is 9.73. The second-order valence-corrected chi connectivity index (χ2v) is 6.72. The van der Waals surface area contributed by atoms with Crippen molar-refractivity contribution in [2.45, 2.75) is 11.7 Å². The highest BCUT2D eigenvalue weighted by Crippen LogP contribution is 2.35. The van der Waals surface area contributed by atoms with E-state index in [9.17, 15) is 13.5 Å². The number of azo groups is 1. The summed E-state index contributed by atoms with van der Waals surface area (Å²) in [5, 5.41) is 23.9. The van der Waals surface area contributed by atoms with Crippen molar-refractivity contribution < 1.29 is 13.5 Å². The predicted molar refractivity (Wildman–Crippen MR) is 93.2 cm³/mol. The van der Waals surface area contributed by atoms with Crippen LogP contribution in [0.2, 0.25) is 6.82 Å². The zero-order valence-corrected chi connectivity index (χ0v) is 13.6. The second-order valence-electron chi connectivity index (χ2n) is 5.15. The summed E-state index contributed by atoms with van der Waals surface area (Å²) in [5.74, 6) is -0.0804. The Morgan fingerprint density at radius 1 is 1.12 bits per heavy atom. The molecule has 1 radical (unpaired) electrons. The molecule has 3 aromatic rings. The van der Waals surface area contributed by atoms with Gasteiger partial charge in [0.2, 0.25) is 15.9 Å². The number of H-pyrrole nitrogens is 1. The number of aromatic hydroxyl groups is 1. The second kappa shape index (κ2) is 6.10. The first-order valence-electron chi connectivity index (χ1n) is 7.07. The minimum atomic E-state index is -3.74. The number of primary sulfonamides is 1. The molecule has 0 amide bonds. The van der Waals surface area contributed by atoms with Gasteiger partial charge in [-0.3, -0.25) is 0 Å². The molecule has 9 heteroatoms. The third-order valence-corrected chi connectivity index (χ3v) is 4.47. The Balaban J connectivity index is 1.97. The number of aromatic nitrogens is 1. The Hall–Kier alpha value is -2.65. The lowest BCUT2D eigenvalue weighted by Crippen LogP contribution is -2.11. The van der Waals surface area contributed by atoms with E-state index in [1.807, 2.05) is 32.3 Å². The third-order valence-electron chi connectivity index (χ3n) is 3.54.